The summed E-state index contributed by atoms with van der Waals surface area (Å²) in [4.78, 5) is 25.0. The van der Waals surface area contributed by atoms with Crippen LogP contribution in [0.5, 0.6) is 11.5 Å². The molecule has 4 rings (SSSR count). The first-order valence-electron chi connectivity index (χ1n) is 8.99. The third kappa shape index (κ3) is 2.72. The number of nitrogens with zero attached hydrogens (tertiary/aromatic N) is 2. The van der Waals surface area contributed by atoms with E-state index in [0.29, 0.717) is 30.0 Å². The Morgan fingerprint density at radius 1 is 1.39 bits per heavy atom. The lowest BCUT2D eigenvalue weighted by Crippen LogP contribution is -2.37. The first kappa shape index (κ1) is 18.1. The van der Waals surface area contributed by atoms with Crippen molar-refractivity contribution in [2.24, 2.45) is 11.1 Å². The van der Waals surface area contributed by atoms with Crippen LogP contribution < -0.4 is 15.8 Å². The Morgan fingerprint density at radius 3 is 2.82 bits per heavy atom. The van der Waals surface area contributed by atoms with Crippen LogP contribution >= 0.6 is 0 Å². The van der Waals surface area contributed by atoms with Crippen LogP contribution in [0.2, 0.25) is 0 Å². The Kier molecular flexibility index (Phi) is 3.95. The fourth-order valence-corrected chi connectivity index (χ4v) is 4.06. The van der Waals surface area contributed by atoms with Crippen molar-refractivity contribution in [3.8, 4) is 11.5 Å². The summed E-state index contributed by atoms with van der Waals surface area (Å²) in [5, 5.41) is 17.5. The van der Waals surface area contributed by atoms with Crippen molar-refractivity contribution < 1.29 is 19.4 Å². The van der Waals surface area contributed by atoms with Crippen LogP contribution in [0.3, 0.4) is 0 Å². The number of carbonyl (C=O) groups excluding carboxylic acids is 2. The molecule has 1 aliphatic carbocycles. The lowest BCUT2D eigenvalue weighted by atomic mass is 9.73. The summed E-state index contributed by atoms with van der Waals surface area (Å²) in [6.07, 6.45) is 2.48. The summed E-state index contributed by atoms with van der Waals surface area (Å²) >= 11 is 0. The molecule has 1 amide bonds. The Hall–Kier alpha value is -3.29. The molecular weight excluding hydrogens is 360 g/mol. The standard InChI is InChI=1S/C20H22N4O4/c1-20(2)7-12-16(14(26)8-20)17(10-4-5-13(25)15(6-10)28-3)24-19(23-12)11(9-22-24)18(21)27/h4-6,9,17,23,25H,7-8H2,1-3H3,(H2,21,27)/t17-/m1/s1. The van der Waals surface area contributed by atoms with Crippen molar-refractivity contribution in [3.05, 3.63) is 46.8 Å². The Balaban J connectivity index is 1.95. The number of fused-ring (bicyclic) bond motifs is 1. The van der Waals surface area contributed by atoms with Gasteiger partial charge in [0.25, 0.3) is 5.91 Å². The number of hydrogen-bond donors (Lipinski definition) is 3. The summed E-state index contributed by atoms with van der Waals surface area (Å²) in [5.41, 5.74) is 7.68. The van der Waals surface area contributed by atoms with Crippen molar-refractivity contribution in [2.45, 2.75) is 32.7 Å². The molecular formula is C20H22N4O4. The lowest BCUT2D eigenvalue weighted by Gasteiger charge is -2.39. The van der Waals surface area contributed by atoms with Crippen LogP contribution in [0.15, 0.2) is 35.7 Å². The summed E-state index contributed by atoms with van der Waals surface area (Å²) in [6.45, 7) is 4.08. The summed E-state index contributed by atoms with van der Waals surface area (Å²) in [7, 11) is 1.46. The largest absolute Gasteiger partial charge is 0.504 e. The molecule has 146 valence electrons. The second kappa shape index (κ2) is 6.12. The average molecular weight is 382 g/mol. The van der Waals surface area contributed by atoms with Crippen molar-refractivity contribution in [1.82, 2.24) is 9.78 Å². The van der Waals surface area contributed by atoms with Gasteiger partial charge < -0.3 is 20.9 Å². The highest BCUT2D eigenvalue weighted by atomic mass is 16.5. The number of hydrogen-bond acceptors (Lipinski definition) is 6. The maximum Gasteiger partial charge on any atom is 0.254 e. The number of carbonyl (C=O) groups is 2. The first-order valence-corrected chi connectivity index (χ1v) is 8.99. The molecule has 0 spiro atoms. The fraction of sp³-hybridized carbons (Fsp3) is 0.350. The molecule has 1 aliphatic heterocycles. The minimum Gasteiger partial charge on any atom is -0.504 e. The molecule has 1 aromatic carbocycles. The lowest BCUT2D eigenvalue weighted by molar-refractivity contribution is -0.118. The number of phenolic OH excluding ortho intramolecular Hbond substituents is 1. The predicted octanol–water partition coefficient (Wildman–Crippen LogP) is 2.35. The van der Waals surface area contributed by atoms with E-state index in [9.17, 15) is 14.7 Å². The van der Waals surface area contributed by atoms with Crippen molar-refractivity contribution >= 4 is 17.5 Å². The summed E-state index contributed by atoms with van der Waals surface area (Å²) in [6, 6.07) is 4.38. The Morgan fingerprint density at radius 2 is 2.14 bits per heavy atom. The molecule has 1 aromatic heterocycles. The zero-order chi connectivity index (χ0) is 20.2. The highest BCUT2D eigenvalue weighted by molar-refractivity contribution is 6.02. The van der Waals surface area contributed by atoms with E-state index in [1.165, 1.54) is 19.4 Å². The topological polar surface area (TPSA) is 119 Å². The predicted molar refractivity (Wildman–Crippen MR) is 102 cm³/mol. The summed E-state index contributed by atoms with van der Waals surface area (Å²) in [5.74, 6) is 0.196. The molecule has 0 saturated carbocycles. The second-order valence-corrected chi connectivity index (χ2v) is 8.01. The molecule has 2 heterocycles. The van der Waals surface area contributed by atoms with E-state index in [2.05, 4.69) is 10.4 Å². The van der Waals surface area contributed by atoms with Gasteiger partial charge in [-0.3, -0.25) is 9.59 Å². The zero-order valence-electron chi connectivity index (χ0n) is 15.9. The monoisotopic (exact) mass is 382 g/mol. The highest BCUT2D eigenvalue weighted by Gasteiger charge is 2.42. The fourth-order valence-electron chi connectivity index (χ4n) is 4.06. The number of anilines is 1. The van der Waals surface area contributed by atoms with E-state index < -0.39 is 11.9 Å². The van der Waals surface area contributed by atoms with Gasteiger partial charge in [-0.05, 0) is 29.5 Å². The molecule has 0 radical (unpaired) electrons. The normalized spacial score (nSPS) is 20.2. The number of phenols is 1. The Labute approximate surface area is 162 Å². The number of aromatic nitrogens is 2. The molecule has 0 fully saturated rings. The first-order chi connectivity index (χ1) is 13.2. The molecule has 2 aromatic rings. The number of rotatable bonds is 3. The van der Waals surface area contributed by atoms with Gasteiger partial charge in [0.15, 0.2) is 17.3 Å². The van der Waals surface area contributed by atoms with E-state index >= 15 is 0 Å². The summed E-state index contributed by atoms with van der Waals surface area (Å²) < 4.78 is 6.83. The van der Waals surface area contributed by atoms with Crippen molar-refractivity contribution in [1.29, 1.82) is 0 Å². The third-order valence-electron chi connectivity index (χ3n) is 5.29. The zero-order valence-corrected chi connectivity index (χ0v) is 15.9. The van der Waals surface area contributed by atoms with E-state index in [4.69, 9.17) is 10.5 Å². The molecule has 2 aliphatic rings. The quantitative estimate of drug-likeness (QED) is 0.750. The smallest absolute Gasteiger partial charge is 0.254 e. The van der Waals surface area contributed by atoms with Crippen LogP contribution in [0, 0.1) is 5.41 Å². The van der Waals surface area contributed by atoms with E-state index in [1.807, 2.05) is 13.8 Å². The van der Waals surface area contributed by atoms with Crippen LogP contribution in [-0.4, -0.2) is 33.7 Å². The number of ketones is 1. The third-order valence-corrected chi connectivity index (χ3v) is 5.29. The van der Waals surface area contributed by atoms with Crippen LogP contribution in [0.25, 0.3) is 0 Å². The van der Waals surface area contributed by atoms with E-state index in [-0.39, 0.29) is 22.5 Å². The minimum absolute atomic E-state index is 0.00371. The van der Waals surface area contributed by atoms with Gasteiger partial charge in [-0.25, -0.2) is 4.68 Å². The number of ether oxygens (including phenoxy) is 1. The van der Waals surface area contributed by atoms with Crippen molar-refractivity contribution in [3.63, 3.8) is 0 Å². The number of benzene rings is 1. The number of methoxy groups -OCH3 is 1. The number of aromatic hydroxyl groups is 1. The SMILES string of the molecule is COc1cc([C@@H]2C3=C(CC(C)(C)CC3=O)Nc3c(C(N)=O)cnn32)ccc1O. The number of nitrogens with two attached hydrogens (primary N) is 1. The van der Waals surface area contributed by atoms with Gasteiger partial charge in [-0.1, -0.05) is 19.9 Å². The van der Waals surface area contributed by atoms with Crippen molar-refractivity contribution in [2.75, 3.05) is 12.4 Å². The molecule has 8 heteroatoms. The Bertz CT molecular complexity index is 1030. The molecule has 4 N–H and O–H groups in total. The van der Waals surface area contributed by atoms with Gasteiger partial charge in [0.05, 0.1) is 13.3 Å². The van der Waals surface area contributed by atoms with E-state index in [1.54, 1.807) is 16.8 Å². The molecule has 0 saturated heterocycles. The number of nitrogens with one attached hydrogen (secondary N) is 1. The van der Waals surface area contributed by atoms with Gasteiger partial charge >= 0.3 is 0 Å². The number of Topliss-reactive ketones (excluding diaryl/α,β-unsaturated/α-hetero) is 1. The maximum absolute atomic E-state index is 13.1. The van der Waals surface area contributed by atoms with Gasteiger partial charge in [0.1, 0.15) is 17.4 Å². The number of allylic oxidation sites excluding steroid dienone is 2. The molecule has 28 heavy (non-hydrogen) atoms. The molecule has 1 atom stereocenters. The maximum atomic E-state index is 13.1. The van der Waals surface area contributed by atoms with Crippen LogP contribution in [0.1, 0.15) is 48.7 Å². The molecule has 8 nitrogen and oxygen atoms in total. The van der Waals surface area contributed by atoms with Gasteiger partial charge in [0, 0.05) is 17.7 Å². The van der Waals surface area contributed by atoms with Gasteiger partial charge in [0.2, 0.25) is 0 Å². The average Bonchev–Trinajstić information content (AvgIpc) is 3.03. The minimum atomic E-state index is -0.596. The molecule has 0 bridgehead atoms. The van der Waals surface area contributed by atoms with E-state index in [0.717, 1.165) is 11.3 Å². The highest BCUT2D eigenvalue weighted by Crippen LogP contribution is 2.47. The number of amides is 1. The van der Waals surface area contributed by atoms with Gasteiger partial charge in [-0.2, -0.15) is 5.10 Å². The number of primary amides is 1. The second-order valence-electron chi connectivity index (χ2n) is 8.01. The van der Waals surface area contributed by atoms with Gasteiger partial charge in [-0.15, -0.1) is 0 Å². The van der Waals surface area contributed by atoms with Crippen LogP contribution in [-0.2, 0) is 4.79 Å². The van der Waals surface area contributed by atoms with Crippen LogP contribution in [0.4, 0.5) is 5.82 Å². The molecule has 0 unspecified atom stereocenters.